The third-order valence-corrected chi connectivity index (χ3v) is 4.21. The quantitative estimate of drug-likeness (QED) is 0.791. The number of carbonyl (C=O) groups excluding carboxylic acids is 2. The molecule has 2 aliphatic rings. The smallest absolute Gasteiger partial charge is 0.248 e. The maximum atomic E-state index is 12.6. The summed E-state index contributed by atoms with van der Waals surface area (Å²) in [5.41, 5.74) is -0.572. The Morgan fingerprint density at radius 2 is 2.00 bits per heavy atom. The molecule has 4 heteroatoms. The van der Waals surface area contributed by atoms with E-state index in [9.17, 15) is 9.59 Å². The minimum Gasteiger partial charge on any atom is -0.342 e. The van der Waals surface area contributed by atoms with E-state index in [4.69, 9.17) is 0 Å². The lowest BCUT2D eigenvalue weighted by Crippen LogP contribution is -2.56. The zero-order valence-corrected chi connectivity index (χ0v) is 10.8. The Morgan fingerprint density at radius 3 is 2.59 bits per heavy atom. The first-order valence-electron chi connectivity index (χ1n) is 6.71. The van der Waals surface area contributed by atoms with Crippen LogP contribution < -0.4 is 5.32 Å². The van der Waals surface area contributed by atoms with Crippen molar-refractivity contribution in [2.75, 3.05) is 6.54 Å². The molecule has 1 saturated heterocycles. The first-order valence-corrected chi connectivity index (χ1v) is 6.71. The van der Waals surface area contributed by atoms with Crippen molar-refractivity contribution in [2.45, 2.75) is 64.0 Å². The number of amides is 2. The molecule has 1 aliphatic carbocycles. The van der Waals surface area contributed by atoms with Crippen LogP contribution in [0, 0.1) is 0 Å². The molecule has 0 bridgehead atoms. The summed E-state index contributed by atoms with van der Waals surface area (Å²) in [6, 6.07) is 0.229. The number of rotatable bonds is 2. The molecule has 0 aromatic heterocycles. The molecule has 2 fully saturated rings. The topological polar surface area (TPSA) is 49.4 Å². The zero-order valence-electron chi connectivity index (χ0n) is 10.8. The van der Waals surface area contributed by atoms with Gasteiger partial charge < -0.3 is 10.2 Å². The Bertz CT molecular complexity index is 321. The van der Waals surface area contributed by atoms with E-state index in [0.29, 0.717) is 13.0 Å². The number of carbonyl (C=O) groups is 2. The zero-order chi connectivity index (χ0) is 12.5. The minimum atomic E-state index is -0.572. The van der Waals surface area contributed by atoms with Crippen LogP contribution in [0.2, 0.25) is 0 Å². The fraction of sp³-hybridized carbons (Fsp3) is 0.846. The van der Waals surface area contributed by atoms with Crippen LogP contribution in [0.4, 0.5) is 0 Å². The van der Waals surface area contributed by atoms with Crippen LogP contribution in [0.1, 0.15) is 52.4 Å². The maximum absolute atomic E-state index is 12.6. The van der Waals surface area contributed by atoms with Gasteiger partial charge in [0, 0.05) is 19.0 Å². The van der Waals surface area contributed by atoms with Crippen LogP contribution in [-0.2, 0) is 9.59 Å². The molecule has 0 aromatic carbocycles. The number of nitrogens with one attached hydrogen (secondary N) is 1. The number of hydrogen-bond acceptors (Lipinski definition) is 2. The standard InChI is InChI=1S/C13H22N2O2/c1-3-10(2)15-9-6-11(16)14-13(12(15)17)7-4-5-8-13/h10H,3-9H2,1-2H3,(H,14,16). The first kappa shape index (κ1) is 12.4. The second-order valence-corrected chi connectivity index (χ2v) is 5.34. The van der Waals surface area contributed by atoms with Gasteiger partial charge in [0.2, 0.25) is 11.8 Å². The molecule has 4 nitrogen and oxygen atoms in total. The summed E-state index contributed by atoms with van der Waals surface area (Å²) in [4.78, 5) is 26.3. The van der Waals surface area contributed by atoms with Crippen molar-refractivity contribution in [1.29, 1.82) is 0 Å². The summed E-state index contributed by atoms with van der Waals surface area (Å²) < 4.78 is 0. The van der Waals surface area contributed by atoms with Crippen molar-refractivity contribution >= 4 is 11.8 Å². The third-order valence-electron chi connectivity index (χ3n) is 4.21. The molecule has 2 rings (SSSR count). The van der Waals surface area contributed by atoms with Gasteiger partial charge in [-0.1, -0.05) is 19.8 Å². The first-order chi connectivity index (χ1) is 8.09. The molecule has 17 heavy (non-hydrogen) atoms. The molecule has 1 saturated carbocycles. The van der Waals surface area contributed by atoms with Crippen LogP contribution in [0.3, 0.4) is 0 Å². The normalized spacial score (nSPS) is 25.9. The SMILES string of the molecule is CCC(C)N1CCC(=O)NC2(CCCC2)C1=O. The van der Waals surface area contributed by atoms with Gasteiger partial charge >= 0.3 is 0 Å². The fourth-order valence-corrected chi connectivity index (χ4v) is 2.94. The van der Waals surface area contributed by atoms with Crippen LogP contribution >= 0.6 is 0 Å². The van der Waals surface area contributed by atoms with E-state index >= 15 is 0 Å². The average molecular weight is 238 g/mol. The molecule has 96 valence electrons. The van der Waals surface area contributed by atoms with Gasteiger partial charge in [-0.05, 0) is 26.2 Å². The predicted molar refractivity (Wildman–Crippen MR) is 65.4 cm³/mol. The molecular weight excluding hydrogens is 216 g/mol. The number of nitrogens with zero attached hydrogens (tertiary/aromatic N) is 1. The van der Waals surface area contributed by atoms with E-state index in [1.54, 1.807) is 0 Å². The van der Waals surface area contributed by atoms with Gasteiger partial charge in [0.25, 0.3) is 0 Å². The lowest BCUT2D eigenvalue weighted by Gasteiger charge is -2.34. The second-order valence-electron chi connectivity index (χ2n) is 5.34. The van der Waals surface area contributed by atoms with E-state index in [1.807, 2.05) is 4.90 Å². The Labute approximate surface area is 103 Å². The van der Waals surface area contributed by atoms with Crippen LogP contribution in [-0.4, -0.2) is 34.8 Å². The lowest BCUT2D eigenvalue weighted by atomic mass is 9.95. The second kappa shape index (κ2) is 4.67. The molecule has 1 heterocycles. The van der Waals surface area contributed by atoms with Gasteiger partial charge in [0.1, 0.15) is 5.54 Å². The summed E-state index contributed by atoms with van der Waals surface area (Å²) in [6.45, 7) is 4.72. The van der Waals surface area contributed by atoms with Crippen molar-refractivity contribution in [3.05, 3.63) is 0 Å². The van der Waals surface area contributed by atoms with E-state index < -0.39 is 5.54 Å². The summed E-state index contributed by atoms with van der Waals surface area (Å²) in [6.07, 6.45) is 5.09. The van der Waals surface area contributed by atoms with Crippen LogP contribution in [0.25, 0.3) is 0 Å². The molecule has 1 spiro atoms. The maximum Gasteiger partial charge on any atom is 0.248 e. The summed E-state index contributed by atoms with van der Waals surface area (Å²) in [5.74, 6) is 0.182. The summed E-state index contributed by atoms with van der Waals surface area (Å²) in [7, 11) is 0. The van der Waals surface area contributed by atoms with Crippen molar-refractivity contribution < 1.29 is 9.59 Å². The van der Waals surface area contributed by atoms with E-state index in [-0.39, 0.29) is 17.9 Å². The highest BCUT2D eigenvalue weighted by atomic mass is 16.2. The average Bonchev–Trinajstić information content (AvgIpc) is 2.73. The molecule has 1 atom stereocenters. The van der Waals surface area contributed by atoms with Gasteiger partial charge in [0.05, 0.1) is 0 Å². The third kappa shape index (κ3) is 2.17. The Balaban J connectivity index is 2.25. The largest absolute Gasteiger partial charge is 0.342 e. The molecule has 0 radical (unpaired) electrons. The van der Waals surface area contributed by atoms with Crippen molar-refractivity contribution in [3.63, 3.8) is 0 Å². The Hall–Kier alpha value is -1.06. The molecule has 2 amide bonds. The fourth-order valence-electron chi connectivity index (χ4n) is 2.94. The van der Waals surface area contributed by atoms with Crippen LogP contribution in [0.5, 0.6) is 0 Å². The van der Waals surface area contributed by atoms with E-state index in [1.165, 1.54) is 0 Å². The van der Waals surface area contributed by atoms with Crippen molar-refractivity contribution in [2.24, 2.45) is 0 Å². The lowest BCUT2D eigenvalue weighted by molar-refractivity contribution is -0.140. The molecule has 1 unspecified atom stereocenters. The van der Waals surface area contributed by atoms with Gasteiger partial charge in [-0.3, -0.25) is 9.59 Å². The van der Waals surface area contributed by atoms with Gasteiger partial charge in [-0.15, -0.1) is 0 Å². The van der Waals surface area contributed by atoms with Gasteiger partial charge in [-0.2, -0.15) is 0 Å². The predicted octanol–water partition coefficient (Wildman–Crippen LogP) is 1.45. The van der Waals surface area contributed by atoms with Crippen molar-refractivity contribution in [3.8, 4) is 0 Å². The summed E-state index contributed by atoms with van der Waals surface area (Å²) >= 11 is 0. The molecular formula is C13H22N2O2. The highest BCUT2D eigenvalue weighted by molar-refractivity contribution is 5.94. The molecule has 1 aliphatic heterocycles. The van der Waals surface area contributed by atoms with Crippen LogP contribution in [0.15, 0.2) is 0 Å². The van der Waals surface area contributed by atoms with Gasteiger partial charge in [0.15, 0.2) is 0 Å². The minimum absolute atomic E-state index is 0.0334. The van der Waals surface area contributed by atoms with Gasteiger partial charge in [-0.25, -0.2) is 0 Å². The summed E-state index contributed by atoms with van der Waals surface area (Å²) in [5, 5.41) is 2.98. The highest BCUT2D eigenvalue weighted by Crippen LogP contribution is 2.33. The number of hydrogen-bond donors (Lipinski definition) is 1. The van der Waals surface area contributed by atoms with E-state index in [0.717, 1.165) is 32.1 Å². The molecule has 0 aromatic rings. The highest BCUT2D eigenvalue weighted by Gasteiger charge is 2.46. The molecule has 1 N–H and O–H groups in total. The Kier molecular flexibility index (Phi) is 3.40. The monoisotopic (exact) mass is 238 g/mol. The van der Waals surface area contributed by atoms with E-state index in [2.05, 4.69) is 19.2 Å². The Morgan fingerprint density at radius 1 is 1.35 bits per heavy atom. The van der Waals surface area contributed by atoms with Crippen molar-refractivity contribution in [1.82, 2.24) is 10.2 Å².